The van der Waals surface area contributed by atoms with E-state index in [0.29, 0.717) is 21.5 Å². The molecular formula is C23H14ClNO6. The van der Waals surface area contributed by atoms with Crippen molar-refractivity contribution in [3.05, 3.63) is 103 Å². The molecule has 0 saturated carbocycles. The molecule has 4 rings (SSSR count). The summed E-state index contributed by atoms with van der Waals surface area (Å²) in [6.45, 7) is 1.48. The van der Waals surface area contributed by atoms with Gasteiger partial charge in [0.05, 0.1) is 21.4 Å². The first-order valence-electron chi connectivity index (χ1n) is 9.13. The summed E-state index contributed by atoms with van der Waals surface area (Å²) >= 11 is 6.19. The molecule has 0 N–H and O–H groups in total. The molecule has 3 aromatic carbocycles. The van der Waals surface area contributed by atoms with Gasteiger partial charge in [0, 0.05) is 28.3 Å². The predicted molar refractivity (Wildman–Crippen MR) is 116 cm³/mol. The van der Waals surface area contributed by atoms with E-state index < -0.39 is 10.9 Å². The summed E-state index contributed by atoms with van der Waals surface area (Å²) in [4.78, 5) is 36.0. The van der Waals surface area contributed by atoms with Gasteiger partial charge in [-0.25, -0.2) is 4.79 Å². The number of hydrogen-bond acceptors (Lipinski definition) is 6. The van der Waals surface area contributed by atoms with Gasteiger partial charge in [0.15, 0.2) is 0 Å². The summed E-state index contributed by atoms with van der Waals surface area (Å²) in [6, 6.07) is 15.5. The van der Waals surface area contributed by atoms with Gasteiger partial charge in [-0.15, -0.1) is 0 Å². The van der Waals surface area contributed by atoms with Crippen molar-refractivity contribution in [3.63, 3.8) is 0 Å². The van der Waals surface area contributed by atoms with Crippen molar-refractivity contribution in [2.24, 2.45) is 0 Å². The largest absolute Gasteiger partial charge is 0.463 e. The van der Waals surface area contributed by atoms with Crippen molar-refractivity contribution in [1.82, 2.24) is 0 Å². The van der Waals surface area contributed by atoms with Crippen molar-refractivity contribution in [1.29, 1.82) is 0 Å². The molecule has 0 amide bonds. The zero-order valence-electron chi connectivity index (χ0n) is 16.1. The number of ether oxygens (including phenoxy) is 1. The fourth-order valence-corrected chi connectivity index (χ4v) is 3.48. The Morgan fingerprint density at radius 2 is 1.84 bits per heavy atom. The van der Waals surface area contributed by atoms with Crippen LogP contribution in [-0.2, 0) is 0 Å². The van der Waals surface area contributed by atoms with E-state index in [1.165, 1.54) is 49.6 Å². The van der Waals surface area contributed by atoms with E-state index >= 15 is 0 Å². The van der Waals surface area contributed by atoms with Crippen LogP contribution in [0.5, 0.6) is 5.75 Å². The topological polar surface area (TPSA) is 99.7 Å². The van der Waals surface area contributed by atoms with Crippen LogP contribution in [0, 0.1) is 17.0 Å². The van der Waals surface area contributed by atoms with Crippen LogP contribution in [0.3, 0.4) is 0 Å². The van der Waals surface area contributed by atoms with E-state index in [-0.39, 0.29) is 33.6 Å². The summed E-state index contributed by atoms with van der Waals surface area (Å²) in [5.74, 6) is -0.618. The molecule has 4 aromatic rings. The lowest BCUT2D eigenvalue weighted by Gasteiger charge is -2.08. The number of halogens is 1. The number of hydrogen-bond donors (Lipinski definition) is 0. The normalized spacial score (nSPS) is 10.8. The molecule has 0 bridgehead atoms. The van der Waals surface area contributed by atoms with Crippen molar-refractivity contribution >= 4 is 34.2 Å². The molecule has 0 radical (unpaired) electrons. The van der Waals surface area contributed by atoms with Gasteiger partial charge in [-0.05, 0) is 31.2 Å². The molecule has 0 fully saturated rings. The van der Waals surface area contributed by atoms with Crippen LogP contribution in [0.15, 0.2) is 76.1 Å². The van der Waals surface area contributed by atoms with Crippen LogP contribution < -0.4 is 10.2 Å². The number of rotatable bonds is 4. The SMILES string of the molecule is Cc1c(C(=O)Oc2ccc3c(=O)c(-c4ccccc4Cl)coc3c2)cccc1[N+](=O)[O-]. The molecule has 0 unspecified atom stereocenters. The Bertz CT molecular complexity index is 1410. The van der Waals surface area contributed by atoms with Gasteiger partial charge in [0.25, 0.3) is 5.69 Å². The third kappa shape index (κ3) is 3.78. The smallest absolute Gasteiger partial charge is 0.344 e. The number of nitrogens with zero attached hydrogens (tertiary/aromatic N) is 1. The maximum Gasteiger partial charge on any atom is 0.344 e. The molecule has 7 nitrogen and oxygen atoms in total. The predicted octanol–water partition coefficient (Wildman–Crippen LogP) is 5.55. The zero-order chi connectivity index (χ0) is 22.1. The van der Waals surface area contributed by atoms with Gasteiger partial charge in [0.1, 0.15) is 17.6 Å². The number of benzene rings is 3. The minimum atomic E-state index is -0.754. The van der Waals surface area contributed by atoms with Crippen LogP contribution >= 0.6 is 11.6 Å². The van der Waals surface area contributed by atoms with Crippen LogP contribution in [-0.4, -0.2) is 10.9 Å². The van der Waals surface area contributed by atoms with Gasteiger partial charge in [-0.1, -0.05) is 35.9 Å². The van der Waals surface area contributed by atoms with Gasteiger partial charge in [-0.2, -0.15) is 0 Å². The summed E-state index contributed by atoms with van der Waals surface area (Å²) < 4.78 is 10.9. The van der Waals surface area contributed by atoms with E-state index in [4.69, 9.17) is 20.8 Å². The Balaban J connectivity index is 1.68. The second-order valence-corrected chi connectivity index (χ2v) is 7.12. The second-order valence-electron chi connectivity index (χ2n) is 6.71. The van der Waals surface area contributed by atoms with Gasteiger partial charge < -0.3 is 9.15 Å². The maximum atomic E-state index is 12.9. The van der Waals surface area contributed by atoms with Crippen molar-refractivity contribution < 1.29 is 18.9 Å². The summed E-state index contributed by atoms with van der Waals surface area (Å²) in [7, 11) is 0. The number of carbonyl (C=O) groups is 1. The highest BCUT2D eigenvalue weighted by atomic mass is 35.5. The summed E-state index contributed by atoms with van der Waals surface area (Å²) in [5, 5.41) is 11.8. The molecule has 0 atom stereocenters. The molecule has 8 heteroatoms. The fourth-order valence-electron chi connectivity index (χ4n) is 3.24. The molecule has 1 heterocycles. The number of carbonyl (C=O) groups excluding carboxylic acids is 1. The highest BCUT2D eigenvalue weighted by Crippen LogP contribution is 2.28. The van der Waals surface area contributed by atoms with Crippen LogP contribution in [0.2, 0.25) is 5.02 Å². The molecule has 31 heavy (non-hydrogen) atoms. The summed E-state index contributed by atoms with van der Waals surface area (Å²) in [6.07, 6.45) is 1.31. The fraction of sp³-hybridized carbons (Fsp3) is 0.0435. The Morgan fingerprint density at radius 3 is 2.58 bits per heavy atom. The number of nitro benzene ring substituents is 1. The van der Waals surface area contributed by atoms with E-state index in [2.05, 4.69) is 0 Å². The molecule has 0 spiro atoms. The molecule has 1 aromatic heterocycles. The van der Waals surface area contributed by atoms with E-state index in [9.17, 15) is 19.7 Å². The van der Waals surface area contributed by atoms with E-state index in [1.54, 1.807) is 24.3 Å². The lowest BCUT2D eigenvalue weighted by molar-refractivity contribution is -0.385. The van der Waals surface area contributed by atoms with E-state index in [1.807, 2.05) is 0 Å². The van der Waals surface area contributed by atoms with Gasteiger partial charge in [0.2, 0.25) is 5.43 Å². The second kappa shape index (κ2) is 8.04. The quantitative estimate of drug-likeness (QED) is 0.180. The van der Waals surface area contributed by atoms with Crippen molar-refractivity contribution in [3.8, 4) is 16.9 Å². The number of fused-ring (bicyclic) bond motifs is 1. The third-order valence-corrected chi connectivity index (χ3v) is 5.17. The van der Waals surface area contributed by atoms with Crippen LogP contribution in [0.4, 0.5) is 5.69 Å². The number of esters is 1. The Morgan fingerprint density at radius 1 is 1.06 bits per heavy atom. The van der Waals surface area contributed by atoms with Crippen LogP contribution in [0.1, 0.15) is 15.9 Å². The molecule has 154 valence electrons. The van der Waals surface area contributed by atoms with Crippen molar-refractivity contribution in [2.75, 3.05) is 0 Å². The highest BCUT2D eigenvalue weighted by molar-refractivity contribution is 6.33. The first-order chi connectivity index (χ1) is 14.9. The highest BCUT2D eigenvalue weighted by Gasteiger charge is 2.20. The Kier molecular flexibility index (Phi) is 5.27. The molecule has 0 aliphatic carbocycles. The summed E-state index contributed by atoms with van der Waals surface area (Å²) in [5.41, 5.74) is 0.917. The van der Waals surface area contributed by atoms with Gasteiger partial charge in [-0.3, -0.25) is 14.9 Å². The average Bonchev–Trinajstić information content (AvgIpc) is 2.74. The Hall–Kier alpha value is -3.97. The minimum absolute atomic E-state index is 0.0739. The zero-order valence-corrected chi connectivity index (χ0v) is 16.9. The molecular weight excluding hydrogens is 422 g/mol. The van der Waals surface area contributed by atoms with Gasteiger partial charge >= 0.3 is 5.97 Å². The monoisotopic (exact) mass is 435 g/mol. The minimum Gasteiger partial charge on any atom is -0.463 e. The molecule has 0 saturated heterocycles. The maximum absolute atomic E-state index is 12.9. The lowest BCUT2D eigenvalue weighted by Crippen LogP contribution is -2.11. The molecule has 0 aliphatic heterocycles. The van der Waals surface area contributed by atoms with E-state index in [0.717, 1.165) is 0 Å². The number of nitro groups is 1. The average molecular weight is 436 g/mol. The lowest BCUT2D eigenvalue weighted by atomic mass is 10.1. The van der Waals surface area contributed by atoms with Crippen molar-refractivity contribution in [2.45, 2.75) is 6.92 Å². The molecule has 0 aliphatic rings. The third-order valence-electron chi connectivity index (χ3n) is 4.84. The first-order valence-corrected chi connectivity index (χ1v) is 9.51. The van der Waals surface area contributed by atoms with Crippen LogP contribution in [0.25, 0.3) is 22.1 Å². The first kappa shape index (κ1) is 20.3. The Labute approximate surface area is 180 Å². The standard InChI is InChI=1S/C23H14ClNO6/c1-13-15(6-4-8-20(13)25(28)29)23(27)31-14-9-10-17-21(11-14)30-12-18(22(17)26)16-5-2-3-7-19(16)24/h2-12H,1H3.